The molecule has 0 amide bonds. The number of ether oxygens (including phenoxy) is 1. The van der Waals surface area contributed by atoms with Crippen molar-refractivity contribution in [3.8, 4) is 23.0 Å². The molecular weight excluding hydrogens is 575 g/mol. The highest BCUT2D eigenvalue weighted by Gasteiger charge is 2.19. The molecule has 1 heterocycles. The monoisotopic (exact) mass is 590 g/mol. The summed E-state index contributed by atoms with van der Waals surface area (Å²) in [7, 11) is 1.55. The van der Waals surface area contributed by atoms with Gasteiger partial charge in [0, 0.05) is 3.57 Å². The summed E-state index contributed by atoms with van der Waals surface area (Å²) in [6.45, 7) is 0. The van der Waals surface area contributed by atoms with Gasteiger partial charge in [0.2, 0.25) is 11.6 Å². The van der Waals surface area contributed by atoms with Gasteiger partial charge in [-0.25, -0.2) is 0 Å². The number of benzene rings is 3. The molecule has 0 bridgehead atoms. The van der Waals surface area contributed by atoms with Crippen LogP contribution >= 0.6 is 46.4 Å². The molecule has 1 aromatic heterocycles. The van der Waals surface area contributed by atoms with Gasteiger partial charge in [-0.3, -0.25) is 13.9 Å². The van der Waals surface area contributed by atoms with Crippen LogP contribution in [0.15, 0.2) is 87.8 Å². The van der Waals surface area contributed by atoms with Gasteiger partial charge in [-0.05, 0) is 95.5 Å². The Morgan fingerprint density at radius 3 is 2.18 bits per heavy atom. The molecule has 0 aliphatic carbocycles. The second-order valence-corrected chi connectivity index (χ2v) is 8.77. The average molecular weight is 591 g/mol. The summed E-state index contributed by atoms with van der Waals surface area (Å²) in [5, 5.41) is 19.6. The van der Waals surface area contributed by atoms with Crippen molar-refractivity contribution in [3.05, 3.63) is 96.5 Å². The van der Waals surface area contributed by atoms with Crippen LogP contribution in [0.5, 0.6) is 11.6 Å². The van der Waals surface area contributed by atoms with Gasteiger partial charge in [-0.2, -0.15) is 0 Å². The zero-order chi connectivity index (χ0) is 23.5. The Morgan fingerprint density at radius 2 is 1.55 bits per heavy atom. The number of aromatic hydroxyl groups is 1. The van der Waals surface area contributed by atoms with Gasteiger partial charge in [0.25, 0.3) is 5.56 Å². The number of rotatable bonds is 5. The summed E-state index contributed by atoms with van der Waals surface area (Å²) >= 11 is 14.0. The van der Waals surface area contributed by atoms with E-state index in [0.717, 1.165) is 3.57 Å². The van der Waals surface area contributed by atoms with Crippen LogP contribution in [0.3, 0.4) is 0 Å². The number of nitrogens with zero attached hydrogens (tertiary/aromatic N) is 4. The minimum absolute atomic E-state index is 0.0700. The molecule has 0 aliphatic heterocycles. The Kier molecular flexibility index (Phi) is 6.91. The van der Waals surface area contributed by atoms with Crippen molar-refractivity contribution in [3.63, 3.8) is 0 Å². The summed E-state index contributed by atoms with van der Waals surface area (Å²) in [5.41, 5.74) is 0.504. The first-order valence-corrected chi connectivity index (χ1v) is 11.4. The maximum absolute atomic E-state index is 13.4. The third-order valence-electron chi connectivity index (χ3n) is 4.74. The fraction of sp³-hybridized carbons (Fsp3) is 0.0435. The van der Waals surface area contributed by atoms with Gasteiger partial charge in [0.15, 0.2) is 4.77 Å². The van der Waals surface area contributed by atoms with Crippen molar-refractivity contribution in [2.75, 3.05) is 7.11 Å². The van der Waals surface area contributed by atoms with Crippen LogP contribution in [0.2, 0.25) is 5.02 Å². The van der Waals surface area contributed by atoms with Crippen LogP contribution in [-0.4, -0.2) is 21.4 Å². The van der Waals surface area contributed by atoms with Crippen molar-refractivity contribution < 1.29 is 9.84 Å². The Morgan fingerprint density at radius 1 is 0.939 bits per heavy atom. The number of hydrogen-bond acceptors (Lipinski definition) is 6. The summed E-state index contributed by atoms with van der Waals surface area (Å²) in [5.74, 6) is 0.201. The molecule has 7 nitrogen and oxygen atoms in total. The lowest BCUT2D eigenvalue weighted by Gasteiger charge is -2.16. The van der Waals surface area contributed by atoms with E-state index in [2.05, 4.69) is 32.8 Å². The van der Waals surface area contributed by atoms with E-state index in [1.807, 2.05) is 12.1 Å². The highest BCUT2D eigenvalue weighted by Crippen LogP contribution is 2.31. The van der Waals surface area contributed by atoms with Crippen LogP contribution in [0.1, 0.15) is 0 Å². The molecule has 0 saturated heterocycles. The molecule has 0 atom stereocenters. The molecule has 0 unspecified atom stereocenters. The first-order chi connectivity index (χ1) is 15.9. The van der Waals surface area contributed by atoms with Crippen molar-refractivity contribution >= 4 is 57.8 Å². The topological polar surface area (TPSA) is 81.1 Å². The molecule has 4 aromatic rings. The lowest BCUT2D eigenvalue weighted by Crippen LogP contribution is -2.23. The standard InChI is InChI=1S/C23H16ClIN4O3S/c1-32-17-12-10-16(11-13-17)29-22(31)20(27-26-19-5-3-2-4-18(19)24)21(30)28(23(29)33)15-8-6-14(25)7-9-15/h2-13,30H,1H3. The number of azo groups is 1. The van der Waals surface area contributed by atoms with Crippen molar-refractivity contribution in [2.45, 2.75) is 0 Å². The van der Waals surface area contributed by atoms with E-state index in [4.69, 9.17) is 28.6 Å². The molecule has 0 aliphatic rings. The molecule has 10 heteroatoms. The molecule has 4 rings (SSSR count). The maximum atomic E-state index is 13.4. The normalized spacial score (nSPS) is 11.1. The molecular formula is C23H16ClIN4O3S. The largest absolute Gasteiger partial charge is 0.497 e. The Bertz CT molecular complexity index is 1470. The number of aromatic nitrogens is 2. The lowest BCUT2D eigenvalue weighted by atomic mass is 10.3. The molecule has 0 fully saturated rings. The highest BCUT2D eigenvalue weighted by atomic mass is 127. The molecule has 0 saturated carbocycles. The second-order valence-electron chi connectivity index (χ2n) is 6.76. The average Bonchev–Trinajstić information content (AvgIpc) is 2.82. The van der Waals surface area contributed by atoms with E-state index in [1.54, 1.807) is 67.8 Å². The van der Waals surface area contributed by atoms with Gasteiger partial charge >= 0.3 is 0 Å². The minimum Gasteiger partial charge on any atom is -0.497 e. The molecule has 33 heavy (non-hydrogen) atoms. The van der Waals surface area contributed by atoms with Crippen molar-refractivity contribution in [1.29, 1.82) is 0 Å². The van der Waals surface area contributed by atoms with E-state index in [1.165, 1.54) is 9.13 Å². The number of hydrogen-bond donors (Lipinski definition) is 1. The summed E-state index contributed by atoms with van der Waals surface area (Å²) in [4.78, 5) is 13.4. The molecule has 0 spiro atoms. The van der Waals surface area contributed by atoms with E-state index >= 15 is 0 Å². The van der Waals surface area contributed by atoms with E-state index in [0.29, 0.717) is 27.8 Å². The number of methoxy groups -OCH3 is 1. The van der Waals surface area contributed by atoms with Crippen LogP contribution < -0.4 is 10.3 Å². The zero-order valence-corrected chi connectivity index (χ0v) is 20.9. The van der Waals surface area contributed by atoms with Gasteiger partial charge in [0.05, 0.1) is 23.5 Å². The van der Waals surface area contributed by atoms with Gasteiger partial charge in [-0.15, -0.1) is 10.2 Å². The fourth-order valence-corrected chi connectivity index (χ4v) is 4.00. The van der Waals surface area contributed by atoms with E-state index in [-0.39, 0.29) is 10.5 Å². The van der Waals surface area contributed by atoms with Crippen molar-refractivity contribution in [1.82, 2.24) is 9.13 Å². The van der Waals surface area contributed by atoms with Gasteiger partial charge in [-0.1, -0.05) is 23.7 Å². The van der Waals surface area contributed by atoms with E-state index < -0.39 is 11.4 Å². The summed E-state index contributed by atoms with van der Waals surface area (Å²) in [6, 6.07) is 20.9. The summed E-state index contributed by atoms with van der Waals surface area (Å²) < 4.78 is 8.94. The quantitative estimate of drug-likeness (QED) is 0.158. The minimum atomic E-state index is -0.625. The molecule has 1 N–H and O–H groups in total. The second kappa shape index (κ2) is 9.86. The lowest BCUT2D eigenvalue weighted by molar-refractivity contribution is 0.414. The highest BCUT2D eigenvalue weighted by molar-refractivity contribution is 14.1. The Hall–Kier alpha value is -3.02. The zero-order valence-electron chi connectivity index (χ0n) is 17.1. The molecule has 0 radical (unpaired) electrons. The summed E-state index contributed by atoms with van der Waals surface area (Å²) in [6.07, 6.45) is 0. The SMILES string of the molecule is COc1ccc(-n2c(=O)c(N=Nc3ccccc3Cl)c(O)n(-c3ccc(I)cc3)c2=S)cc1. The van der Waals surface area contributed by atoms with E-state index in [9.17, 15) is 9.90 Å². The Balaban J connectivity index is 2.00. The third kappa shape index (κ3) is 4.70. The molecule has 166 valence electrons. The van der Waals surface area contributed by atoms with Gasteiger partial charge < -0.3 is 9.84 Å². The number of halogens is 2. The first-order valence-electron chi connectivity index (χ1n) is 9.58. The van der Waals surface area contributed by atoms with Crippen LogP contribution in [-0.2, 0) is 0 Å². The van der Waals surface area contributed by atoms with Crippen LogP contribution in [0, 0.1) is 8.34 Å². The van der Waals surface area contributed by atoms with Crippen LogP contribution in [0.4, 0.5) is 11.4 Å². The third-order valence-corrected chi connectivity index (χ3v) is 6.14. The predicted octanol–water partition coefficient (Wildman–Crippen LogP) is 6.75. The maximum Gasteiger partial charge on any atom is 0.290 e. The van der Waals surface area contributed by atoms with Crippen molar-refractivity contribution in [2.24, 2.45) is 10.2 Å². The predicted molar refractivity (Wildman–Crippen MR) is 139 cm³/mol. The fourth-order valence-electron chi connectivity index (χ4n) is 3.09. The van der Waals surface area contributed by atoms with Gasteiger partial charge in [0.1, 0.15) is 11.4 Å². The smallest absolute Gasteiger partial charge is 0.290 e. The van der Waals surface area contributed by atoms with Crippen LogP contribution in [0.25, 0.3) is 11.4 Å². The molecule has 3 aromatic carbocycles. The Labute approximate surface area is 212 Å². The first kappa shape index (κ1) is 23.1.